The maximum absolute atomic E-state index is 13.8. The molecule has 1 atom stereocenters. The van der Waals surface area contributed by atoms with Crippen LogP contribution in [0.15, 0.2) is 4.79 Å². The highest BCUT2D eigenvalue weighted by atomic mass is 16.2. The molecular formula is C23H30N6O3. The van der Waals surface area contributed by atoms with Crippen molar-refractivity contribution >= 4 is 11.8 Å². The van der Waals surface area contributed by atoms with E-state index in [2.05, 4.69) is 4.98 Å². The van der Waals surface area contributed by atoms with E-state index in [1.165, 1.54) is 6.92 Å². The fourth-order valence-corrected chi connectivity index (χ4v) is 5.39. The first-order chi connectivity index (χ1) is 15.5. The van der Waals surface area contributed by atoms with Crippen molar-refractivity contribution in [2.75, 3.05) is 13.1 Å². The third-order valence-corrected chi connectivity index (χ3v) is 7.09. The number of fused-ring (bicyclic) bond motifs is 2. The van der Waals surface area contributed by atoms with Crippen molar-refractivity contribution in [1.29, 1.82) is 0 Å². The summed E-state index contributed by atoms with van der Waals surface area (Å²) in [6.45, 7) is 5.72. The van der Waals surface area contributed by atoms with Gasteiger partial charge in [0.1, 0.15) is 11.5 Å². The van der Waals surface area contributed by atoms with Crippen LogP contribution in [0.5, 0.6) is 0 Å². The maximum Gasteiger partial charge on any atom is 0.273 e. The highest BCUT2D eigenvalue weighted by molar-refractivity contribution is 5.95. The molecule has 4 heterocycles. The fraction of sp³-hybridized carbons (Fsp3) is 0.609. The van der Waals surface area contributed by atoms with Crippen LogP contribution < -0.4 is 5.56 Å². The monoisotopic (exact) mass is 438 g/mol. The van der Waals surface area contributed by atoms with E-state index in [0.717, 1.165) is 49.8 Å². The van der Waals surface area contributed by atoms with Gasteiger partial charge in [-0.15, -0.1) is 0 Å². The first-order valence-corrected chi connectivity index (χ1v) is 11.7. The van der Waals surface area contributed by atoms with Gasteiger partial charge in [0.15, 0.2) is 0 Å². The van der Waals surface area contributed by atoms with Crippen LogP contribution in [0.2, 0.25) is 0 Å². The summed E-state index contributed by atoms with van der Waals surface area (Å²) in [5, 5.41) is 4.71. The van der Waals surface area contributed by atoms with Gasteiger partial charge in [0.2, 0.25) is 5.91 Å². The number of nitrogens with zero attached hydrogens (tertiary/aromatic N) is 5. The maximum atomic E-state index is 13.8. The number of hydrogen-bond donors (Lipinski definition) is 1. The molecule has 170 valence electrons. The van der Waals surface area contributed by atoms with Crippen molar-refractivity contribution in [1.82, 2.24) is 29.5 Å². The number of carbonyl (C=O) groups is 2. The Morgan fingerprint density at radius 2 is 1.88 bits per heavy atom. The van der Waals surface area contributed by atoms with Crippen LogP contribution in [0.1, 0.15) is 84.4 Å². The Labute approximate surface area is 186 Å². The topological polar surface area (TPSA) is 104 Å². The third kappa shape index (κ3) is 3.43. The average molecular weight is 439 g/mol. The van der Waals surface area contributed by atoms with Crippen molar-refractivity contribution in [2.45, 2.75) is 77.9 Å². The molecule has 5 rings (SSSR count). The number of amides is 2. The first kappa shape index (κ1) is 20.9. The van der Waals surface area contributed by atoms with E-state index in [9.17, 15) is 14.4 Å². The zero-order chi connectivity index (χ0) is 22.4. The molecule has 3 aliphatic rings. The molecule has 1 unspecified atom stereocenters. The predicted molar refractivity (Wildman–Crippen MR) is 117 cm³/mol. The second-order valence-electron chi connectivity index (χ2n) is 9.02. The number of rotatable bonds is 3. The largest absolute Gasteiger partial charge is 0.337 e. The minimum atomic E-state index is -0.271. The van der Waals surface area contributed by atoms with E-state index in [1.807, 2.05) is 16.5 Å². The molecule has 2 aromatic heterocycles. The Kier molecular flexibility index (Phi) is 5.35. The number of aromatic amines is 1. The molecule has 0 saturated carbocycles. The molecule has 0 spiro atoms. The van der Waals surface area contributed by atoms with Crippen LogP contribution >= 0.6 is 0 Å². The molecule has 32 heavy (non-hydrogen) atoms. The summed E-state index contributed by atoms with van der Waals surface area (Å²) < 4.78 is 1.85. The summed E-state index contributed by atoms with van der Waals surface area (Å²) in [5.74, 6) is 0.492. The molecule has 2 aromatic rings. The smallest absolute Gasteiger partial charge is 0.273 e. The Hall–Kier alpha value is -2.97. The Bertz CT molecular complexity index is 1130. The van der Waals surface area contributed by atoms with Gasteiger partial charge in [0.25, 0.3) is 11.5 Å². The van der Waals surface area contributed by atoms with Gasteiger partial charge in [-0.3, -0.25) is 19.1 Å². The van der Waals surface area contributed by atoms with Gasteiger partial charge in [-0.05, 0) is 51.9 Å². The van der Waals surface area contributed by atoms with Crippen molar-refractivity contribution in [3.05, 3.63) is 44.4 Å². The third-order valence-electron chi connectivity index (χ3n) is 7.09. The molecule has 0 bridgehead atoms. The second kappa shape index (κ2) is 8.18. The predicted octanol–water partition coefficient (Wildman–Crippen LogP) is 1.75. The molecule has 1 aliphatic carbocycles. The van der Waals surface area contributed by atoms with E-state index < -0.39 is 0 Å². The molecule has 0 aromatic carbocycles. The molecule has 2 amide bonds. The van der Waals surface area contributed by atoms with Gasteiger partial charge < -0.3 is 14.8 Å². The summed E-state index contributed by atoms with van der Waals surface area (Å²) >= 11 is 0. The lowest BCUT2D eigenvalue weighted by Gasteiger charge is -2.29. The van der Waals surface area contributed by atoms with Crippen molar-refractivity contribution in [3.8, 4) is 0 Å². The van der Waals surface area contributed by atoms with Crippen LogP contribution in [0.3, 0.4) is 0 Å². The molecule has 9 nitrogen and oxygen atoms in total. The van der Waals surface area contributed by atoms with E-state index in [-0.39, 0.29) is 23.4 Å². The number of hydrogen-bond acceptors (Lipinski definition) is 5. The number of aromatic nitrogens is 4. The van der Waals surface area contributed by atoms with Gasteiger partial charge in [0, 0.05) is 37.7 Å². The summed E-state index contributed by atoms with van der Waals surface area (Å²) in [7, 11) is 0. The van der Waals surface area contributed by atoms with Gasteiger partial charge in [0.05, 0.1) is 24.0 Å². The minimum Gasteiger partial charge on any atom is -0.337 e. The Morgan fingerprint density at radius 3 is 2.66 bits per heavy atom. The molecule has 1 fully saturated rings. The lowest BCUT2D eigenvalue weighted by atomic mass is 9.95. The normalized spacial score (nSPS) is 20.2. The molecule has 0 radical (unpaired) electrons. The first-order valence-electron chi connectivity index (χ1n) is 11.7. The molecule has 1 N–H and O–H groups in total. The van der Waals surface area contributed by atoms with Gasteiger partial charge in [-0.1, -0.05) is 0 Å². The van der Waals surface area contributed by atoms with Gasteiger partial charge in [-0.2, -0.15) is 5.10 Å². The van der Waals surface area contributed by atoms with Crippen LogP contribution in [-0.4, -0.2) is 54.5 Å². The van der Waals surface area contributed by atoms with Gasteiger partial charge >= 0.3 is 0 Å². The summed E-state index contributed by atoms with van der Waals surface area (Å²) in [6.07, 6.45) is 6.14. The Morgan fingerprint density at radius 1 is 1.06 bits per heavy atom. The minimum absolute atomic E-state index is 0.0178. The highest BCUT2D eigenvalue weighted by Crippen LogP contribution is 2.34. The van der Waals surface area contributed by atoms with Crippen molar-refractivity contribution in [2.24, 2.45) is 0 Å². The van der Waals surface area contributed by atoms with Crippen LogP contribution in [0.4, 0.5) is 0 Å². The van der Waals surface area contributed by atoms with Crippen LogP contribution in [0, 0.1) is 0 Å². The summed E-state index contributed by atoms with van der Waals surface area (Å²) in [5.41, 5.74) is 4.01. The number of nitrogens with one attached hydrogen (secondary N) is 1. The molecular weight excluding hydrogens is 408 g/mol. The lowest BCUT2D eigenvalue weighted by Crippen LogP contribution is -2.39. The summed E-state index contributed by atoms with van der Waals surface area (Å²) in [6, 6.07) is -0.271. The van der Waals surface area contributed by atoms with Gasteiger partial charge in [-0.25, -0.2) is 4.98 Å². The lowest BCUT2D eigenvalue weighted by molar-refractivity contribution is -0.129. The number of H-pyrrole nitrogens is 1. The zero-order valence-corrected chi connectivity index (χ0v) is 18.8. The van der Waals surface area contributed by atoms with Crippen LogP contribution in [-0.2, 0) is 37.1 Å². The number of carbonyl (C=O) groups excluding carboxylic acids is 2. The standard InChI is InChI=1S/C23H30N6O3/c1-3-29-20(15-7-4-5-8-17(15)26-29)23(32)28-11-6-9-19(28)21-24-18-13-27(14(2)30)12-10-16(18)22(31)25-21/h19H,3-13H2,1-2H3,(H,24,25,31). The van der Waals surface area contributed by atoms with E-state index in [0.29, 0.717) is 55.4 Å². The van der Waals surface area contributed by atoms with E-state index in [1.54, 1.807) is 4.90 Å². The van der Waals surface area contributed by atoms with Crippen LogP contribution in [0.25, 0.3) is 0 Å². The molecule has 1 saturated heterocycles. The van der Waals surface area contributed by atoms with Crippen molar-refractivity contribution < 1.29 is 9.59 Å². The quantitative estimate of drug-likeness (QED) is 0.786. The van der Waals surface area contributed by atoms with E-state index >= 15 is 0 Å². The SMILES string of the molecule is CCn1nc2c(c1C(=O)N1CCCC1c1nc3c(c(=O)[nH]1)CCN(C(C)=O)C3)CCCC2. The average Bonchev–Trinajstić information content (AvgIpc) is 3.43. The highest BCUT2D eigenvalue weighted by Gasteiger charge is 2.37. The molecule has 9 heteroatoms. The number of likely N-dealkylation sites (tertiary alicyclic amines) is 1. The van der Waals surface area contributed by atoms with E-state index in [4.69, 9.17) is 10.1 Å². The second-order valence-corrected chi connectivity index (χ2v) is 9.02. The molecule has 2 aliphatic heterocycles. The zero-order valence-electron chi connectivity index (χ0n) is 18.8. The van der Waals surface area contributed by atoms with Crippen molar-refractivity contribution in [3.63, 3.8) is 0 Å². The fourth-order valence-electron chi connectivity index (χ4n) is 5.39. The summed E-state index contributed by atoms with van der Waals surface area (Å²) in [4.78, 5) is 49.7. The Balaban J connectivity index is 1.49. The number of aryl methyl sites for hydroxylation is 2.